The van der Waals surface area contributed by atoms with Crippen LogP contribution in [0.5, 0.6) is 0 Å². The minimum atomic E-state index is 0.403. The molecule has 0 saturated carbocycles. The third-order valence-electron chi connectivity index (χ3n) is 3.70. The molecule has 2 N–H and O–H groups in total. The maximum absolute atomic E-state index is 5.69. The van der Waals surface area contributed by atoms with Crippen molar-refractivity contribution in [1.29, 1.82) is 0 Å². The highest BCUT2D eigenvalue weighted by atomic mass is 15.3. The van der Waals surface area contributed by atoms with Crippen LogP contribution in [0, 0.1) is 0 Å². The first-order valence-electron chi connectivity index (χ1n) is 6.87. The molecule has 0 aliphatic carbocycles. The van der Waals surface area contributed by atoms with Crippen molar-refractivity contribution < 1.29 is 0 Å². The lowest BCUT2D eigenvalue weighted by molar-refractivity contribution is 0.546. The monoisotopic (exact) mass is 269 g/mol. The molecule has 1 unspecified atom stereocenters. The summed E-state index contributed by atoms with van der Waals surface area (Å²) in [4.78, 5) is 13.3. The summed E-state index contributed by atoms with van der Waals surface area (Å²) in [5, 5.41) is 0. The molecule has 1 aliphatic heterocycles. The Balaban J connectivity index is 1.72. The smallest absolute Gasteiger partial charge is 0.128 e. The Hall–Kier alpha value is -2.30. The van der Waals surface area contributed by atoms with Crippen LogP contribution in [0.2, 0.25) is 0 Å². The van der Waals surface area contributed by atoms with Crippen molar-refractivity contribution in [2.45, 2.75) is 13.0 Å². The van der Waals surface area contributed by atoms with Gasteiger partial charge in [0.2, 0.25) is 0 Å². The summed E-state index contributed by atoms with van der Waals surface area (Å²) >= 11 is 0. The minimum absolute atomic E-state index is 0.403. The molecule has 0 radical (unpaired) electrons. The highest BCUT2D eigenvalue weighted by Crippen LogP contribution is 2.22. The molecule has 5 nitrogen and oxygen atoms in total. The number of hydrogen-bond acceptors (Lipinski definition) is 5. The second kappa shape index (κ2) is 5.36. The number of hydrogen-bond donors (Lipinski definition) is 1. The zero-order valence-electron chi connectivity index (χ0n) is 11.6. The summed E-state index contributed by atoms with van der Waals surface area (Å²) in [5.74, 6) is 0.998. The standard InChI is InChI=1S/C15H19N5/c1-12-11-19(14-3-2-6-17-10-14)7-8-20(12)15-5-4-13(16)9-18-15/h2-6,9-10,12H,7-8,11,16H2,1H3. The second-order valence-electron chi connectivity index (χ2n) is 5.15. The van der Waals surface area contributed by atoms with Crippen LogP contribution < -0.4 is 15.5 Å². The number of rotatable bonds is 2. The van der Waals surface area contributed by atoms with Gasteiger partial charge in [-0.3, -0.25) is 4.98 Å². The summed E-state index contributed by atoms with van der Waals surface area (Å²) in [6.45, 7) is 5.12. The van der Waals surface area contributed by atoms with Gasteiger partial charge in [-0.2, -0.15) is 0 Å². The highest BCUT2D eigenvalue weighted by Gasteiger charge is 2.24. The van der Waals surface area contributed by atoms with E-state index in [4.69, 9.17) is 5.73 Å². The van der Waals surface area contributed by atoms with Gasteiger partial charge in [0.25, 0.3) is 0 Å². The molecule has 2 aromatic rings. The molecular formula is C15H19N5. The SMILES string of the molecule is CC1CN(c2cccnc2)CCN1c1ccc(N)cn1. The van der Waals surface area contributed by atoms with E-state index < -0.39 is 0 Å². The Morgan fingerprint density at radius 1 is 1.20 bits per heavy atom. The predicted molar refractivity (Wildman–Crippen MR) is 81.9 cm³/mol. The van der Waals surface area contributed by atoms with E-state index >= 15 is 0 Å². The minimum Gasteiger partial charge on any atom is -0.397 e. The van der Waals surface area contributed by atoms with Crippen LogP contribution in [-0.2, 0) is 0 Å². The lowest BCUT2D eigenvalue weighted by atomic mass is 10.1. The lowest BCUT2D eigenvalue weighted by Gasteiger charge is -2.41. The van der Waals surface area contributed by atoms with Crippen LogP contribution in [0.25, 0.3) is 0 Å². The third-order valence-corrected chi connectivity index (χ3v) is 3.70. The average Bonchev–Trinajstić information content (AvgIpc) is 2.49. The van der Waals surface area contributed by atoms with E-state index in [0.717, 1.165) is 25.5 Å². The fourth-order valence-corrected chi connectivity index (χ4v) is 2.64. The van der Waals surface area contributed by atoms with Crippen LogP contribution >= 0.6 is 0 Å². The van der Waals surface area contributed by atoms with Gasteiger partial charge in [-0.05, 0) is 31.2 Å². The van der Waals surface area contributed by atoms with E-state index in [1.54, 1.807) is 6.20 Å². The topological polar surface area (TPSA) is 58.3 Å². The molecule has 104 valence electrons. The molecular weight excluding hydrogens is 250 g/mol. The van der Waals surface area contributed by atoms with Crippen LogP contribution in [0.1, 0.15) is 6.92 Å². The molecule has 2 aromatic heterocycles. The van der Waals surface area contributed by atoms with E-state index in [9.17, 15) is 0 Å². The normalized spacial score (nSPS) is 19.1. The molecule has 0 aromatic carbocycles. The Kier molecular flexibility index (Phi) is 3.41. The van der Waals surface area contributed by atoms with Crippen LogP contribution in [0.4, 0.5) is 17.2 Å². The van der Waals surface area contributed by atoms with E-state index in [1.165, 1.54) is 5.69 Å². The van der Waals surface area contributed by atoms with Crippen molar-refractivity contribution in [2.24, 2.45) is 0 Å². The molecule has 1 saturated heterocycles. The fourth-order valence-electron chi connectivity index (χ4n) is 2.64. The van der Waals surface area contributed by atoms with E-state index in [-0.39, 0.29) is 0 Å². The Morgan fingerprint density at radius 2 is 2.10 bits per heavy atom. The van der Waals surface area contributed by atoms with Gasteiger partial charge < -0.3 is 15.5 Å². The van der Waals surface area contributed by atoms with Crippen LogP contribution in [-0.4, -0.2) is 35.6 Å². The van der Waals surface area contributed by atoms with Crippen molar-refractivity contribution in [3.63, 3.8) is 0 Å². The molecule has 20 heavy (non-hydrogen) atoms. The summed E-state index contributed by atoms with van der Waals surface area (Å²) in [6.07, 6.45) is 5.45. The Bertz CT molecular complexity index is 554. The van der Waals surface area contributed by atoms with Gasteiger partial charge in [0.05, 0.1) is 23.8 Å². The quantitative estimate of drug-likeness (QED) is 0.900. The maximum Gasteiger partial charge on any atom is 0.128 e. The average molecular weight is 269 g/mol. The number of pyridine rings is 2. The van der Waals surface area contributed by atoms with Crippen molar-refractivity contribution in [3.05, 3.63) is 42.9 Å². The Morgan fingerprint density at radius 3 is 2.75 bits per heavy atom. The third kappa shape index (κ3) is 2.52. The van der Waals surface area contributed by atoms with Gasteiger partial charge in [0, 0.05) is 31.9 Å². The van der Waals surface area contributed by atoms with Gasteiger partial charge in [-0.1, -0.05) is 0 Å². The predicted octanol–water partition coefficient (Wildman–Crippen LogP) is 1.77. The lowest BCUT2D eigenvalue weighted by Crippen LogP contribution is -2.52. The van der Waals surface area contributed by atoms with Crippen LogP contribution in [0.3, 0.4) is 0 Å². The second-order valence-corrected chi connectivity index (χ2v) is 5.15. The van der Waals surface area contributed by atoms with Crippen molar-refractivity contribution in [1.82, 2.24) is 9.97 Å². The highest BCUT2D eigenvalue weighted by molar-refractivity contribution is 5.50. The van der Waals surface area contributed by atoms with Gasteiger partial charge >= 0.3 is 0 Å². The van der Waals surface area contributed by atoms with Crippen molar-refractivity contribution in [2.75, 3.05) is 35.2 Å². The zero-order chi connectivity index (χ0) is 13.9. The molecule has 3 heterocycles. The van der Waals surface area contributed by atoms with Crippen molar-refractivity contribution in [3.8, 4) is 0 Å². The summed E-state index contributed by atoms with van der Waals surface area (Å²) < 4.78 is 0. The molecule has 0 bridgehead atoms. The molecule has 3 rings (SSSR count). The number of nitrogen functional groups attached to an aromatic ring is 1. The molecule has 1 aliphatic rings. The summed E-state index contributed by atoms with van der Waals surface area (Å²) in [7, 11) is 0. The van der Waals surface area contributed by atoms with Crippen molar-refractivity contribution >= 4 is 17.2 Å². The number of piperazine rings is 1. The molecule has 0 spiro atoms. The van der Waals surface area contributed by atoms with E-state index in [1.807, 2.05) is 30.6 Å². The first-order valence-corrected chi connectivity index (χ1v) is 6.87. The van der Waals surface area contributed by atoms with E-state index in [0.29, 0.717) is 11.7 Å². The fraction of sp³-hybridized carbons (Fsp3) is 0.333. The number of anilines is 3. The van der Waals surface area contributed by atoms with Gasteiger partial charge in [0.15, 0.2) is 0 Å². The summed E-state index contributed by atoms with van der Waals surface area (Å²) in [5.41, 5.74) is 7.58. The first kappa shape index (κ1) is 12.7. The molecule has 1 atom stereocenters. The number of aromatic nitrogens is 2. The van der Waals surface area contributed by atoms with Crippen LogP contribution in [0.15, 0.2) is 42.9 Å². The van der Waals surface area contributed by atoms with Gasteiger partial charge in [-0.15, -0.1) is 0 Å². The number of nitrogens with two attached hydrogens (primary N) is 1. The van der Waals surface area contributed by atoms with Gasteiger partial charge in [-0.25, -0.2) is 4.98 Å². The zero-order valence-corrected chi connectivity index (χ0v) is 11.6. The molecule has 0 amide bonds. The number of nitrogens with zero attached hydrogens (tertiary/aromatic N) is 4. The first-order chi connectivity index (χ1) is 9.74. The van der Waals surface area contributed by atoms with Gasteiger partial charge in [0.1, 0.15) is 5.82 Å². The molecule has 5 heteroatoms. The largest absolute Gasteiger partial charge is 0.397 e. The maximum atomic E-state index is 5.69. The molecule has 1 fully saturated rings. The Labute approximate surface area is 119 Å². The van der Waals surface area contributed by atoms with E-state index in [2.05, 4.69) is 32.8 Å². The summed E-state index contributed by atoms with van der Waals surface area (Å²) in [6, 6.07) is 8.39.